The van der Waals surface area contributed by atoms with Crippen molar-refractivity contribution < 1.29 is 14.7 Å². The van der Waals surface area contributed by atoms with Gasteiger partial charge in [-0.25, -0.2) is 0 Å². The summed E-state index contributed by atoms with van der Waals surface area (Å²) < 4.78 is 0. The summed E-state index contributed by atoms with van der Waals surface area (Å²) in [4.78, 5) is 23.1. The summed E-state index contributed by atoms with van der Waals surface area (Å²) in [6.07, 6.45) is 2.82. The molecule has 5 heteroatoms. The van der Waals surface area contributed by atoms with Gasteiger partial charge in [0.15, 0.2) is 0 Å². The number of amides is 1. The second-order valence-electron chi connectivity index (χ2n) is 6.06. The lowest BCUT2D eigenvalue weighted by molar-refractivity contribution is -0.141. The topological polar surface area (TPSA) is 66.4 Å². The lowest BCUT2D eigenvalue weighted by Gasteiger charge is -2.12. The van der Waals surface area contributed by atoms with Crippen molar-refractivity contribution in [3.8, 4) is 0 Å². The van der Waals surface area contributed by atoms with E-state index >= 15 is 0 Å². The normalized spacial score (nSPS) is 30.9. The summed E-state index contributed by atoms with van der Waals surface area (Å²) in [6.45, 7) is 0. The van der Waals surface area contributed by atoms with E-state index in [4.69, 9.17) is 16.7 Å². The second-order valence-corrected chi connectivity index (χ2v) is 6.49. The number of carbonyl (C=O) groups excluding carboxylic acids is 1. The van der Waals surface area contributed by atoms with Gasteiger partial charge >= 0.3 is 5.97 Å². The van der Waals surface area contributed by atoms with Crippen LogP contribution in [0.1, 0.15) is 37.2 Å². The van der Waals surface area contributed by atoms with Gasteiger partial charge in [0.2, 0.25) is 5.91 Å². The SMILES string of the molecule is O=C(O)[C@@H]1CC[C@H](NC(=O)[C@@H]2C[C@@H]2c2cccc(Cl)c2)C1. The number of carboxylic acids is 1. The predicted molar refractivity (Wildman–Crippen MR) is 79.2 cm³/mol. The van der Waals surface area contributed by atoms with Crippen molar-refractivity contribution in [1.82, 2.24) is 5.32 Å². The molecule has 112 valence electrons. The molecule has 1 amide bonds. The van der Waals surface area contributed by atoms with Gasteiger partial charge < -0.3 is 10.4 Å². The molecule has 2 aliphatic rings. The number of rotatable bonds is 4. The summed E-state index contributed by atoms with van der Waals surface area (Å²) in [6, 6.07) is 7.65. The summed E-state index contributed by atoms with van der Waals surface area (Å²) in [5.41, 5.74) is 1.11. The second kappa shape index (κ2) is 5.68. The lowest BCUT2D eigenvalue weighted by atomic mass is 10.1. The first-order chi connectivity index (χ1) is 10.0. The summed E-state index contributed by atoms with van der Waals surface area (Å²) in [5.74, 6) is -0.753. The number of aliphatic carboxylic acids is 1. The summed E-state index contributed by atoms with van der Waals surface area (Å²) in [7, 11) is 0. The number of hydrogen-bond acceptors (Lipinski definition) is 2. The Hall–Kier alpha value is -1.55. The quantitative estimate of drug-likeness (QED) is 0.899. The maximum Gasteiger partial charge on any atom is 0.306 e. The van der Waals surface area contributed by atoms with E-state index in [0.717, 1.165) is 18.4 Å². The molecular weight excluding hydrogens is 290 g/mol. The molecule has 0 heterocycles. The summed E-state index contributed by atoms with van der Waals surface area (Å²) >= 11 is 5.97. The molecule has 0 radical (unpaired) electrons. The molecule has 4 atom stereocenters. The first kappa shape index (κ1) is 14.4. The Morgan fingerprint density at radius 3 is 2.71 bits per heavy atom. The van der Waals surface area contributed by atoms with Crippen molar-refractivity contribution in [3.05, 3.63) is 34.9 Å². The lowest BCUT2D eigenvalue weighted by Crippen LogP contribution is -2.34. The highest BCUT2D eigenvalue weighted by Gasteiger charge is 2.45. The maximum atomic E-state index is 12.2. The highest BCUT2D eigenvalue weighted by molar-refractivity contribution is 6.30. The molecule has 3 rings (SSSR count). The third kappa shape index (κ3) is 3.21. The molecule has 0 aliphatic heterocycles. The van der Waals surface area contributed by atoms with Crippen LogP contribution in [0.15, 0.2) is 24.3 Å². The minimum atomic E-state index is -0.755. The fourth-order valence-corrected chi connectivity index (χ4v) is 3.43. The zero-order chi connectivity index (χ0) is 15.0. The van der Waals surface area contributed by atoms with Crippen LogP contribution in [0.5, 0.6) is 0 Å². The van der Waals surface area contributed by atoms with Crippen molar-refractivity contribution >= 4 is 23.5 Å². The maximum absolute atomic E-state index is 12.2. The number of carboxylic acid groups (broad SMARTS) is 1. The Balaban J connectivity index is 1.53. The van der Waals surface area contributed by atoms with Crippen molar-refractivity contribution in [3.63, 3.8) is 0 Å². The zero-order valence-electron chi connectivity index (χ0n) is 11.6. The highest BCUT2D eigenvalue weighted by atomic mass is 35.5. The molecule has 1 aromatic rings. The van der Waals surface area contributed by atoms with Crippen LogP contribution in [0.2, 0.25) is 5.02 Å². The van der Waals surface area contributed by atoms with E-state index in [1.165, 1.54) is 0 Å². The van der Waals surface area contributed by atoms with Crippen molar-refractivity contribution in [2.24, 2.45) is 11.8 Å². The van der Waals surface area contributed by atoms with Gasteiger partial charge in [0.05, 0.1) is 5.92 Å². The number of carbonyl (C=O) groups is 2. The Labute approximate surface area is 128 Å². The molecule has 2 fully saturated rings. The molecule has 4 nitrogen and oxygen atoms in total. The number of nitrogens with one attached hydrogen (secondary N) is 1. The van der Waals surface area contributed by atoms with Gasteiger partial charge in [-0.05, 0) is 49.3 Å². The molecule has 0 spiro atoms. The molecule has 2 aliphatic carbocycles. The van der Waals surface area contributed by atoms with E-state index in [2.05, 4.69) is 5.32 Å². The van der Waals surface area contributed by atoms with Crippen LogP contribution in [0.4, 0.5) is 0 Å². The molecule has 0 unspecified atom stereocenters. The van der Waals surface area contributed by atoms with Gasteiger partial charge in [-0.3, -0.25) is 9.59 Å². The molecule has 0 aromatic heterocycles. The van der Waals surface area contributed by atoms with Gasteiger partial charge in [0, 0.05) is 17.0 Å². The molecule has 21 heavy (non-hydrogen) atoms. The number of benzene rings is 1. The molecular formula is C16H18ClNO3. The van der Waals surface area contributed by atoms with Crippen LogP contribution in [0.3, 0.4) is 0 Å². The molecule has 1 aromatic carbocycles. The van der Waals surface area contributed by atoms with Crippen LogP contribution in [-0.2, 0) is 9.59 Å². The Bertz CT molecular complexity index is 574. The minimum absolute atomic E-state index is 0.00680. The monoisotopic (exact) mass is 307 g/mol. The fraction of sp³-hybridized carbons (Fsp3) is 0.500. The molecule has 0 saturated heterocycles. The van der Waals surface area contributed by atoms with E-state index in [9.17, 15) is 9.59 Å². The standard InChI is InChI=1S/C16H18ClNO3/c17-11-3-1-2-9(6-11)13-8-14(13)15(19)18-12-5-4-10(7-12)16(20)21/h1-3,6,10,12-14H,4-5,7-8H2,(H,18,19)(H,20,21)/t10-,12+,13-,14-/m1/s1. The number of halogens is 1. The van der Waals surface area contributed by atoms with E-state index < -0.39 is 5.97 Å². The Morgan fingerprint density at radius 2 is 2.05 bits per heavy atom. The Morgan fingerprint density at radius 1 is 1.24 bits per heavy atom. The first-order valence-electron chi connectivity index (χ1n) is 7.33. The largest absolute Gasteiger partial charge is 0.481 e. The highest BCUT2D eigenvalue weighted by Crippen LogP contribution is 2.48. The van der Waals surface area contributed by atoms with Crippen LogP contribution < -0.4 is 5.32 Å². The average Bonchev–Trinajstić information content (AvgIpc) is 3.11. The van der Waals surface area contributed by atoms with Gasteiger partial charge in [-0.15, -0.1) is 0 Å². The Kier molecular flexibility index (Phi) is 3.89. The molecule has 0 bridgehead atoms. The van der Waals surface area contributed by atoms with Crippen molar-refractivity contribution in [2.45, 2.75) is 37.6 Å². The van der Waals surface area contributed by atoms with Gasteiger partial charge in [-0.2, -0.15) is 0 Å². The molecule has 2 N–H and O–H groups in total. The van der Waals surface area contributed by atoms with Crippen molar-refractivity contribution in [2.75, 3.05) is 0 Å². The van der Waals surface area contributed by atoms with E-state index in [-0.39, 0.29) is 29.7 Å². The fourth-order valence-electron chi connectivity index (χ4n) is 3.24. The number of hydrogen-bond donors (Lipinski definition) is 2. The van der Waals surface area contributed by atoms with Crippen LogP contribution in [0, 0.1) is 11.8 Å². The van der Waals surface area contributed by atoms with Gasteiger partial charge in [0.1, 0.15) is 0 Å². The predicted octanol–water partition coefficient (Wildman–Crippen LogP) is 2.81. The van der Waals surface area contributed by atoms with Crippen LogP contribution in [-0.4, -0.2) is 23.0 Å². The summed E-state index contributed by atoms with van der Waals surface area (Å²) in [5, 5.41) is 12.7. The minimum Gasteiger partial charge on any atom is -0.481 e. The smallest absolute Gasteiger partial charge is 0.306 e. The third-order valence-corrected chi connectivity index (χ3v) is 4.77. The molecule has 2 saturated carbocycles. The van der Waals surface area contributed by atoms with E-state index in [1.807, 2.05) is 24.3 Å². The van der Waals surface area contributed by atoms with E-state index in [1.54, 1.807) is 0 Å². The average molecular weight is 308 g/mol. The third-order valence-electron chi connectivity index (χ3n) is 4.53. The first-order valence-corrected chi connectivity index (χ1v) is 7.71. The van der Waals surface area contributed by atoms with Crippen LogP contribution in [0.25, 0.3) is 0 Å². The van der Waals surface area contributed by atoms with Crippen molar-refractivity contribution in [1.29, 1.82) is 0 Å². The van der Waals surface area contributed by atoms with Gasteiger partial charge in [0.25, 0.3) is 0 Å². The van der Waals surface area contributed by atoms with E-state index in [0.29, 0.717) is 17.9 Å². The van der Waals surface area contributed by atoms with Crippen LogP contribution >= 0.6 is 11.6 Å². The van der Waals surface area contributed by atoms with Gasteiger partial charge in [-0.1, -0.05) is 23.7 Å². The zero-order valence-corrected chi connectivity index (χ0v) is 12.3.